The number of rotatable bonds is 13. The van der Waals surface area contributed by atoms with Crippen LogP contribution in [-0.4, -0.2) is 30.9 Å². The van der Waals surface area contributed by atoms with Crippen molar-refractivity contribution in [3.8, 4) is 17.4 Å². The van der Waals surface area contributed by atoms with Gasteiger partial charge < -0.3 is 33.1 Å². The average Bonchev–Trinajstić information content (AvgIpc) is 3.63. The van der Waals surface area contributed by atoms with E-state index in [2.05, 4.69) is 16.4 Å². The van der Waals surface area contributed by atoms with E-state index in [-0.39, 0.29) is 19.2 Å². The maximum atomic E-state index is 11.6. The maximum absolute atomic E-state index is 11.6. The van der Waals surface area contributed by atoms with Crippen molar-refractivity contribution in [1.82, 2.24) is 10.3 Å². The molecule has 0 saturated heterocycles. The number of nitrogens with zero attached hydrogens (tertiary/aromatic N) is 1. The van der Waals surface area contributed by atoms with Gasteiger partial charge in [0.25, 0.3) is 5.95 Å². The van der Waals surface area contributed by atoms with Gasteiger partial charge in [-0.2, -0.15) is 0 Å². The molecule has 41 heavy (non-hydrogen) atoms. The van der Waals surface area contributed by atoms with Gasteiger partial charge in [-0.1, -0.05) is 12.1 Å². The molecule has 212 valence electrons. The van der Waals surface area contributed by atoms with Crippen molar-refractivity contribution < 1.29 is 32.6 Å². The van der Waals surface area contributed by atoms with Crippen LogP contribution in [0, 0.1) is 0 Å². The van der Waals surface area contributed by atoms with Gasteiger partial charge in [-0.05, 0) is 80.6 Å². The monoisotopic (exact) mass is 556 g/mol. The lowest BCUT2D eigenvalue weighted by atomic mass is 10.1. The lowest BCUT2D eigenvalue weighted by molar-refractivity contribution is 0.0957. The van der Waals surface area contributed by atoms with E-state index >= 15 is 0 Å². The van der Waals surface area contributed by atoms with E-state index in [0.717, 1.165) is 65.8 Å². The molecular formula is C32H32N2O7. The molecule has 0 unspecified atom stereocenters. The molecular weight excluding hydrogens is 524 g/mol. The van der Waals surface area contributed by atoms with Gasteiger partial charge >= 0.3 is 6.16 Å². The molecule has 0 amide bonds. The highest BCUT2D eigenvalue weighted by Crippen LogP contribution is 2.48. The van der Waals surface area contributed by atoms with Gasteiger partial charge in [0.2, 0.25) is 0 Å². The second-order valence-corrected chi connectivity index (χ2v) is 9.92. The molecule has 1 fully saturated rings. The smallest absolute Gasteiger partial charge is 0.493 e. The zero-order valence-corrected chi connectivity index (χ0v) is 22.9. The third kappa shape index (κ3) is 6.47. The zero-order chi connectivity index (χ0) is 28.0. The number of furan rings is 2. The van der Waals surface area contributed by atoms with E-state index in [0.29, 0.717) is 23.9 Å². The third-order valence-corrected chi connectivity index (χ3v) is 6.87. The first-order valence-corrected chi connectivity index (χ1v) is 14.0. The number of nitrogens with one attached hydrogen (secondary N) is 1. The van der Waals surface area contributed by atoms with Gasteiger partial charge in [-0.25, -0.2) is 4.79 Å². The van der Waals surface area contributed by atoms with E-state index < -0.39 is 6.16 Å². The van der Waals surface area contributed by atoms with Crippen molar-refractivity contribution in [3.63, 3.8) is 0 Å². The van der Waals surface area contributed by atoms with Crippen LogP contribution in [0.1, 0.15) is 49.0 Å². The predicted molar refractivity (Wildman–Crippen MR) is 152 cm³/mol. The summed E-state index contributed by atoms with van der Waals surface area (Å²) in [5.41, 5.74) is 3.73. The fraction of sp³-hybridized carbons (Fsp3) is 0.312. The standard InChI is InChI=1S/C32H32N2O7/c1-2-36-32(35)41-29-17-23-16-24(11-12-25(23)40-29)38-20-28-30(22-9-10-22)31-26(7-3-8-27(31)39-28)37-15-5-14-34-19-21-6-4-13-33-18-21/h3-4,6-8,11-13,16-18,22,34H,2,5,9-10,14-15,19-20H2,1H3. The van der Waals surface area contributed by atoms with Crippen LogP contribution < -0.4 is 19.5 Å². The van der Waals surface area contributed by atoms with Gasteiger partial charge in [0, 0.05) is 36.0 Å². The molecule has 2 aromatic carbocycles. The van der Waals surface area contributed by atoms with Crippen LogP contribution in [0.25, 0.3) is 21.9 Å². The Morgan fingerprint density at radius 2 is 1.98 bits per heavy atom. The van der Waals surface area contributed by atoms with Crippen LogP contribution in [0.3, 0.4) is 0 Å². The first-order chi connectivity index (χ1) is 20.2. The highest BCUT2D eigenvalue weighted by Gasteiger charge is 2.32. The van der Waals surface area contributed by atoms with E-state index in [1.54, 1.807) is 25.3 Å². The van der Waals surface area contributed by atoms with E-state index in [4.69, 9.17) is 27.8 Å². The van der Waals surface area contributed by atoms with Crippen LogP contribution in [0.5, 0.6) is 17.4 Å². The molecule has 0 radical (unpaired) electrons. The highest BCUT2D eigenvalue weighted by atomic mass is 16.8. The van der Waals surface area contributed by atoms with Crippen molar-refractivity contribution in [2.75, 3.05) is 19.8 Å². The third-order valence-electron chi connectivity index (χ3n) is 6.87. The van der Waals surface area contributed by atoms with Crippen LogP contribution >= 0.6 is 0 Å². The molecule has 3 heterocycles. The van der Waals surface area contributed by atoms with Crippen LogP contribution in [0.4, 0.5) is 4.79 Å². The Hall–Kier alpha value is -4.50. The summed E-state index contributed by atoms with van der Waals surface area (Å²) in [4.78, 5) is 15.8. The van der Waals surface area contributed by atoms with E-state index in [9.17, 15) is 4.79 Å². The Labute approximate surface area is 237 Å². The minimum Gasteiger partial charge on any atom is -0.493 e. The van der Waals surface area contributed by atoms with Gasteiger partial charge in [-0.3, -0.25) is 4.98 Å². The molecule has 3 aromatic heterocycles. The van der Waals surface area contributed by atoms with Gasteiger partial charge in [0.05, 0.1) is 18.6 Å². The lowest BCUT2D eigenvalue weighted by Gasteiger charge is -2.10. The molecule has 0 bridgehead atoms. The predicted octanol–water partition coefficient (Wildman–Crippen LogP) is 7.12. The van der Waals surface area contributed by atoms with Crippen LogP contribution in [-0.2, 0) is 17.9 Å². The van der Waals surface area contributed by atoms with E-state index in [1.165, 1.54) is 5.56 Å². The second-order valence-electron chi connectivity index (χ2n) is 9.92. The Morgan fingerprint density at radius 3 is 2.80 bits per heavy atom. The Balaban J connectivity index is 1.10. The summed E-state index contributed by atoms with van der Waals surface area (Å²) >= 11 is 0. The fourth-order valence-corrected chi connectivity index (χ4v) is 4.85. The molecule has 0 atom stereocenters. The minimum absolute atomic E-state index is 0.0701. The van der Waals surface area contributed by atoms with Crippen LogP contribution in [0.2, 0.25) is 0 Å². The molecule has 5 aromatic rings. The zero-order valence-electron chi connectivity index (χ0n) is 22.9. The number of hydrogen-bond acceptors (Lipinski definition) is 9. The summed E-state index contributed by atoms with van der Waals surface area (Å²) < 4.78 is 34.2. The highest BCUT2D eigenvalue weighted by molar-refractivity contribution is 5.89. The number of pyridine rings is 1. The van der Waals surface area contributed by atoms with Gasteiger partial charge in [0.1, 0.15) is 35.0 Å². The molecule has 0 aliphatic heterocycles. The topological polar surface area (TPSA) is 105 Å². The molecule has 9 nitrogen and oxygen atoms in total. The summed E-state index contributed by atoms with van der Waals surface area (Å²) in [6.45, 7) is 4.46. The number of carbonyl (C=O) groups excluding carboxylic acids is 1. The summed E-state index contributed by atoms with van der Waals surface area (Å²) in [5, 5.41) is 5.23. The Bertz CT molecular complexity index is 1620. The fourth-order valence-electron chi connectivity index (χ4n) is 4.85. The Morgan fingerprint density at radius 1 is 1.05 bits per heavy atom. The van der Waals surface area contributed by atoms with Crippen molar-refractivity contribution in [3.05, 3.63) is 83.9 Å². The summed E-state index contributed by atoms with van der Waals surface area (Å²) in [7, 11) is 0. The van der Waals surface area contributed by atoms with E-state index in [1.807, 2.05) is 42.6 Å². The number of benzene rings is 2. The normalized spacial score (nSPS) is 13.0. The first-order valence-electron chi connectivity index (χ1n) is 14.0. The molecule has 6 rings (SSSR count). The summed E-state index contributed by atoms with van der Waals surface area (Å²) in [6.07, 6.45) is 5.98. The quantitative estimate of drug-likeness (QED) is 0.120. The number of hydrogen-bond donors (Lipinski definition) is 1. The van der Waals surface area contributed by atoms with Crippen molar-refractivity contribution in [1.29, 1.82) is 0 Å². The largest absolute Gasteiger partial charge is 0.516 e. The molecule has 1 saturated carbocycles. The van der Waals surface area contributed by atoms with Gasteiger partial charge in [-0.15, -0.1) is 0 Å². The lowest BCUT2D eigenvalue weighted by Crippen LogP contribution is -2.17. The Kier molecular flexibility index (Phi) is 8.04. The number of aromatic nitrogens is 1. The molecule has 1 aliphatic rings. The maximum Gasteiger partial charge on any atom is 0.516 e. The van der Waals surface area contributed by atoms with Crippen molar-refractivity contribution >= 4 is 28.1 Å². The second kappa shape index (κ2) is 12.3. The summed E-state index contributed by atoms with van der Waals surface area (Å²) in [5.74, 6) is 2.83. The first kappa shape index (κ1) is 26.7. The average molecular weight is 557 g/mol. The minimum atomic E-state index is -0.804. The number of ether oxygens (including phenoxy) is 4. The molecule has 9 heteroatoms. The van der Waals surface area contributed by atoms with Crippen molar-refractivity contribution in [2.24, 2.45) is 0 Å². The molecule has 1 N–H and O–H groups in total. The summed E-state index contributed by atoms with van der Waals surface area (Å²) in [6, 6.07) is 17.0. The number of carbonyl (C=O) groups is 1. The molecule has 1 aliphatic carbocycles. The van der Waals surface area contributed by atoms with Gasteiger partial charge in [0.15, 0.2) is 0 Å². The SMILES string of the molecule is CCOC(=O)Oc1cc2cc(OCc3oc4cccc(OCCCNCc5cccnc5)c4c3C3CC3)ccc2o1. The number of fused-ring (bicyclic) bond motifs is 2. The van der Waals surface area contributed by atoms with Crippen molar-refractivity contribution in [2.45, 2.75) is 45.3 Å². The van der Waals surface area contributed by atoms with Crippen LogP contribution in [0.15, 0.2) is 75.8 Å². The molecule has 0 spiro atoms.